The Hall–Kier alpha value is -2.36. The van der Waals surface area contributed by atoms with Crippen LogP contribution in [0.1, 0.15) is 23.2 Å². The van der Waals surface area contributed by atoms with Gasteiger partial charge in [-0.15, -0.1) is 0 Å². The standard InChI is InChI=1S/C17H16N4O3S2/c22-16(12-5-7-18-8-6-12)20-17-19-14-4-3-13(11-15(14)25-17)26(23,24)21-9-1-2-10-21/h3-8,11H,1-2,9-10H2,(H,19,20,22). The molecule has 1 amide bonds. The summed E-state index contributed by atoms with van der Waals surface area (Å²) in [7, 11) is -3.47. The summed E-state index contributed by atoms with van der Waals surface area (Å²) in [6.45, 7) is 1.13. The van der Waals surface area contributed by atoms with E-state index >= 15 is 0 Å². The number of anilines is 1. The molecule has 134 valence electrons. The van der Waals surface area contributed by atoms with Gasteiger partial charge in [0.25, 0.3) is 5.91 Å². The first-order chi connectivity index (χ1) is 12.5. The Morgan fingerprint density at radius 2 is 1.85 bits per heavy atom. The van der Waals surface area contributed by atoms with Crippen LogP contribution in [0.25, 0.3) is 10.2 Å². The molecular formula is C17H16N4O3S2. The van der Waals surface area contributed by atoms with E-state index < -0.39 is 10.0 Å². The highest BCUT2D eigenvalue weighted by Gasteiger charge is 2.27. The lowest BCUT2D eigenvalue weighted by Gasteiger charge is -2.15. The molecule has 1 aliphatic rings. The maximum atomic E-state index is 12.7. The highest BCUT2D eigenvalue weighted by Crippen LogP contribution is 2.30. The average molecular weight is 388 g/mol. The molecule has 1 aromatic carbocycles. The number of nitrogens with one attached hydrogen (secondary N) is 1. The molecule has 3 heterocycles. The van der Waals surface area contributed by atoms with Crippen LogP contribution in [0.5, 0.6) is 0 Å². The first-order valence-corrected chi connectivity index (χ1v) is 10.4. The Kier molecular flexibility index (Phi) is 4.43. The molecule has 7 nitrogen and oxygen atoms in total. The van der Waals surface area contributed by atoms with Crippen LogP contribution in [-0.2, 0) is 10.0 Å². The van der Waals surface area contributed by atoms with Gasteiger partial charge in [0.15, 0.2) is 5.13 Å². The minimum absolute atomic E-state index is 0.266. The van der Waals surface area contributed by atoms with Crippen molar-refractivity contribution in [3.8, 4) is 0 Å². The van der Waals surface area contributed by atoms with Crippen molar-refractivity contribution in [3.05, 3.63) is 48.3 Å². The summed E-state index contributed by atoms with van der Waals surface area (Å²) in [6.07, 6.45) is 4.88. The highest BCUT2D eigenvalue weighted by molar-refractivity contribution is 7.89. The molecule has 3 aromatic rings. The van der Waals surface area contributed by atoms with E-state index in [-0.39, 0.29) is 10.8 Å². The lowest BCUT2D eigenvalue weighted by atomic mass is 10.2. The van der Waals surface area contributed by atoms with E-state index in [4.69, 9.17) is 0 Å². The summed E-state index contributed by atoms with van der Waals surface area (Å²) >= 11 is 1.25. The van der Waals surface area contributed by atoms with E-state index in [2.05, 4.69) is 15.3 Å². The normalized spacial score (nSPS) is 15.4. The number of carbonyl (C=O) groups is 1. The van der Waals surface area contributed by atoms with Crippen molar-refractivity contribution in [1.82, 2.24) is 14.3 Å². The number of rotatable bonds is 4. The summed E-state index contributed by atoms with van der Waals surface area (Å²) in [6, 6.07) is 8.11. The molecule has 1 saturated heterocycles. The van der Waals surface area contributed by atoms with Crippen LogP contribution in [-0.4, -0.2) is 41.7 Å². The molecule has 0 aliphatic carbocycles. The molecule has 9 heteroatoms. The Morgan fingerprint density at radius 3 is 2.58 bits per heavy atom. The van der Waals surface area contributed by atoms with Crippen molar-refractivity contribution in [2.75, 3.05) is 18.4 Å². The summed E-state index contributed by atoms with van der Waals surface area (Å²) in [4.78, 5) is 20.7. The minimum Gasteiger partial charge on any atom is -0.298 e. The van der Waals surface area contributed by atoms with Gasteiger partial charge in [-0.25, -0.2) is 13.4 Å². The predicted molar refractivity (Wildman–Crippen MR) is 99.8 cm³/mol. The number of sulfonamides is 1. The number of thiazole rings is 1. The molecular weight excluding hydrogens is 372 g/mol. The molecule has 0 atom stereocenters. The summed E-state index contributed by atoms with van der Waals surface area (Å²) in [5.41, 5.74) is 1.14. The van der Waals surface area contributed by atoms with Crippen LogP contribution in [0.4, 0.5) is 5.13 Å². The van der Waals surface area contributed by atoms with Crippen molar-refractivity contribution in [1.29, 1.82) is 0 Å². The zero-order valence-corrected chi connectivity index (χ0v) is 15.4. The van der Waals surface area contributed by atoms with Crippen molar-refractivity contribution in [3.63, 3.8) is 0 Å². The lowest BCUT2D eigenvalue weighted by Crippen LogP contribution is -2.27. The Morgan fingerprint density at radius 1 is 1.12 bits per heavy atom. The molecule has 4 rings (SSSR count). The number of fused-ring (bicyclic) bond motifs is 1. The van der Waals surface area contributed by atoms with Crippen LogP contribution in [0.2, 0.25) is 0 Å². The van der Waals surface area contributed by atoms with Gasteiger partial charge in [-0.2, -0.15) is 4.31 Å². The molecule has 1 aliphatic heterocycles. The van der Waals surface area contributed by atoms with Crippen molar-refractivity contribution in [2.24, 2.45) is 0 Å². The highest BCUT2D eigenvalue weighted by atomic mass is 32.2. The van der Waals surface area contributed by atoms with Crippen molar-refractivity contribution < 1.29 is 13.2 Å². The van der Waals surface area contributed by atoms with Crippen molar-refractivity contribution in [2.45, 2.75) is 17.7 Å². The molecule has 0 unspecified atom stereocenters. The van der Waals surface area contributed by atoms with Gasteiger partial charge in [0.1, 0.15) is 0 Å². The maximum absolute atomic E-state index is 12.7. The Balaban J connectivity index is 1.61. The van der Waals surface area contributed by atoms with Gasteiger partial charge in [0.05, 0.1) is 15.1 Å². The predicted octanol–water partition coefficient (Wildman–Crippen LogP) is 2.73. The average Bonchev–Trinajstić information content (AvgIpc) is 3.31. The third kappa shape index (κ3) is 3.20. The Bertz CT molecular complexity index is 1060. The summed E-state index contributed by atoms with van der Waals surface area (Å²) < 4.78 is 27.6. The fourth-order valence-corrected chi connectivity index (χ4v) is 5.39. The van der Waals surface area contributed by atoms with E-state index in [1.807, 2.05) is 0 Å². The van der Waals surface area contributed by atoms with Gasteiger partial charge in [0, 0.05) is 31.0 Å². The smallest absolute Gasteiger partial charge is 0.257 e. The third-order valence-corrected chi connectivity index (χ3v) is 7.05. The number of carbonyl (C=O) groups excluding carboxylic acids is 1. The van der Waals surface area contributed by atoms with Crippen LogP contribution in [0.15, 0.2) is 47.6 Å². The molecule has 0 spiro atoms. The second kappa shape index (κ2) is 6.75. The number of pyridine rings is 1. The van der Waals surface area contributed by atoms with Crippen molar-refractivity contribution >= 4 is 42.6 Å². The minimum atomic E-state index is -3.47. The number of hydrogen-bond donors (Lipinski definition) is 1. The second-order valence-corrected chi connectivity index (χ2v) is 8.92. The summed E-state index contributed by atoms with van der Waals surface area (Å²) in [5.74, 6) is -0.281. The fourth-order valence-electron chi connectivity index (χ4n) is 2.87. The SMILES string of the molecule is O=C(Nc1nc2ccc(S(=O)(=O)N3CCCC3)cc2s1)c1ccncc1. The summed E-state index contributed by atoms with van der Waals surface area (Å²) in [5, 5.41) is 3.17. The van der Waals surface area contributed by atoms with Crippen LogP contribution < -0.4 is 5.32 Å². The third-order valence-electron chi connectivity index (χ3n) is 4.23. The fraction of sp³-hybridized carbons (Fsp3) is 0.235. The number of benzene rings is 1. The maximum Gasteiger partial charge on any atom is 0.257 e. The molecule has 1 fully saturated rings. The number of aromatic nitrogens is 2. The van der Waals surface area contributed by atoms with E-state index in [1.54, 1.807) is 42.7 Å². The number of amides is 1. The van der Waals surface area contributed by atoms with Crippen LogP contribution in [0, 0.1) is 0 Å². The van der Waals surface area contributed by atoms with Crippen LogP contribution in [0.3, 0.4) is 0 Å². The lowest BCUT2D eigenvalue weighted by molar-refractivity contribution is 0.102. The van der Waals surface area contributed by atoms with Gasteiger partial charge in [-0.1, -0.05) is 11.3 Å². The Labute approximate surface area is 154 Å². The molecule has 0 saturated carbocycles. The zero-order valence-electron chi connectivity index (χ0n) is 13.8. The van der Waals surface area contributed by atoms with E-state index in [1.165, 1.54) is 15.6 Å². The van der Waals surface area contributed by atoms with Gasteiger partial charge in [0.2, 0.25) is 10.0 Å². The molecule has 1 N–H and O–H groups in total. The monoisotopic (exact) mass is 388 g/mol. The number of hydrogen-bond acceptors (Lipinski definition) is 6. The largest absolute Gasteiger partial charge is 0.298 e. The quantitative estimate of drug-likeness (QED) is 0.742. The first kappa shape index (κ1) is 17.1. The van der Waals surface area contributed by atoms with E-state index in [0.29, 0.717) is 29.3 Å². The second-order valence-electron chi connectivity index (χ2n) is 5.95. The van der Waals surface area contributed by atoms with Gasteiger partial charge in [-0.05, 0) is 43.2 Å². The van der Waals surface area contributed by atoms with Gasteiger partial charge >= 0.3 is 0 Å². The van der Waals surface area contributed by atoms with Crippen LogP contribution >= 0.6 is 11.3 Å². The van der Waals surface area contributed by atoms with E-state index in [0.717, 1.165) is 17.5 Å². The molecule has 2 aromatic heterocycles. The molecule has 0 bridgehead atoms. The van der Waals surface area contributed by atoms with Gasteiger partial charge in [-0.3, -0.25) is 15.1 Å². The van der Waals surface area contributed by atoms with Gasteiger partial charge < -0.3 is 0 Å². The molecule has 26 heavy (non-hydrogen) atoms. The zero-order chi connectivity index (χ0) is 18.1. The first-order valence-electron chi connectivity index (χ1n) is 8.16. The molecule has 0 radical (unpaired) electrons. The van der Waals surface area contributed by atoms with E-state index in [9.17, 15) is 13.2 Å². The topological polar surface area (TPSA) is 92.3 Å². The number of nitrogens with zero attached hydrogens (tertiary/aromatic N) is 3.